The number of carbonyl (C=O) groups is 1. The predicted molar refractivity (Wildman–Crippen MR) is 61.0 cm³/mol. The second-order valence-corrected chi connectivity index (χ2v) is 4.32. The number of likely N-dealkylation sites (tertiary alicyclic amines) is 1. The summed E-state index contributed by atoms with van der Waals surface area (Å²) in [6.45, 7) is 2.43. The maximum Gasteiger partial charge on any atom is 0.257 e. The number of furan rings is 1. The predicted octanol–water partition coefficient (Wildman–Crippen LogP) is 1.48. The number of piperidine rings is 1. The fourth-order valence-electron chi connectivity index (χ4n) is 2.23. The second kappa shape index (κ2) is 5.16. The van der Waals surface area contributed by atoms with Gasteiger partial charge in [0.05, 0.1) is 11.8 Å². The Morgan fingerprint density at radius 3 is 2.81 bits per heavy atom. The first-order chi connectivity index (χ1) is 7.81. The lowest BCUT2D eigenvalue weighted by molar-refractivity contribution is 0.0687. The highest BCUT2D eigenvalue weighted by molar-refractivity contribution is 5.93. The van der Waals surface area contributed by atoms with Crippen molar-refractivity contribution < 1.29 is 9.21 Å². The van der Waals surface area contributed by atoms with Crippen molar-refractivity contribution in [2.75, 3.05) is 19.6 Å². The molecule has 1 saturated heterocycles. The molecule has 4 nitrogen and oxygen atoms in total. The van der Waals surface area contributed by atoms with Crippen LogP contribution in [-0.4, -0.2) is 30.4 Å². The minimum Gasteiger partial charge on any atom is -0.472 e. The van der Waals surface area contributed by atoms with Crippen LogP contribution in [0.15, 0.2) is 23.0 Å². The Kier molecular flexibility index (Phi) is 3.62. The summed E-state index contributed by atoms with van der Waals surface area (Å²) in [5, 5.41) is 0. The van der Waals surface area contributed by atoms with Crippen LogP contribution in [-0.2, 0) is 0 Å². The number of amides is 1. The van der Waals surface area contributed by atoms with E-state index in [1.54, 1.807) is 6.07 Å². The summed E-state index contributed by atoms with van der Waals surface area (Å²) in [6, 6.07) is 1.72. The Morgan fingerprint density at radius 2 is 2.25 bits per heavy atom. The molecule has 88 valence electrons. The van der Waals surface area contributed by atoms with Gasteiger partial charge in [0.1, 0.15) is 6.26 Å². The molecule has 0 aliphatic carbocycles. The molecule has 1 amide bonds. The maximum atomic E-state index is 12.0. The SMILES string of the molecule is NCCC1CCN(C(=O)c2ccoc2)CC1. The van der Waals surface area contributed by atoms with Crippen LogP contribution in [0.25, 0.3) is 0 Å². The summed E-state index contributed by atoms with van der Waals surface area (Å²) in [4.78, 5) is 13.9. The molecular formula is C12H18N2O2. The number of nitrogens with two attached hydrogens (primary N) is 1. The Hall–Kier alpha value is -1.29. The molecule has 0 unspecified atom stereocenters. The van der Waals surface area contributed by atoms with Crippen molar-refractivity contribution in [2.45, 2.75) is 19.3 Å². The Balaban J connectivity index is 1.87. The average Bonchev–Trinajstić information content (AvgIpc) is 2.83. The zero-order chi connectivity index (χ0) is 11.4. The molecule has 2 N–H and O–H groups in total. The van der Waals surface area contributed by atoms with Gasteiger partial charge in [-0.05, 0) is 37.8 Å². The van der Waals surface area contributed by atoms with Gasteiger partial charge in [0.2, 0.25) is 0 Å². The Labute approximate surface area is 95.4 Å². The standard InChI is InChI=1S/C12H18N2O2/c13-5-1-10-2-6-14(7-3-10)12(15)11-4-8-16-9-11/h4,8-10H,1-3,5-7,13H2. The van der Waals surface area contributed by atoms with Gasteiger partial charge in [-0.2, -0.15) is 0 Å². The normalized spacial score (nSPS) is 17.7. The van der Waals surface area contributed by atoms with E-state index in [1.807, 2.05) is 4.90 Å². The van der Waals surface area contributed by atoms with E-state index in [4.69, 9.17) is 10.2 Å². The molecule has 2 heterocycles. The molecule has 0 bridgehead atoms. The van der Waals surface area contributed by atoms with Crippen LogP contribution in [0.4, 0.5) is 0 Å². The first kappa shape index (κ1) is 11.2. The number of carbonyl (C=O) groups excluding carboxylic acids is 1. The summed E-state index contributed by atoms with van der Waals surface area (Å²) < 4.78 is 4.92. The van der Waals surface area contributed by atoms with Crippen molar-refractivity contribution in [1.82, 2.24) is 4.90 Å². The molecule has 1 aromatic rings. The van der Waals surface area contributed by atoms with Crippen molar-refractivity contribution in [3.63, 3.8) is 0 Å². The molecule has 0 atom stereocenters. The molecule has 1 aliphatic heterocycles. The highest BCUT2D eigenvalue weighted by Gasteiger charge is 2.23. The first-order valence-corrected chi connectivity index (χ1v) is 5.83. The van der Waals surface area contributed by atoms with E-state index in [-0.39, 0.29) is 5.91 Å². The zero-order valence-electron chi connectivity index (χ0n) is 9.39. The third-order valence-corrected chi connectivity index (χ3v) is 3.24. The number of hydrogen-bond acceptors (Lipinski definition) is 3. The van der Waals surface area contributed by atoms with Gasteiger partial charge in [0.25, 0.3) is 5.91 Å². The molecule has 0 radical (unpaired) electrons. The highest BCUT2D eigenvalue weighted by atomic mass is 16.3. The molecule has 4 heteroatoms. The van der Waals surface area contributed by atoms with Crippen LogP contribution in [0.5, 0.6) is 0 Å². The number of rotatable bonds is 3. The Morgan fingerprint density at radius 1 is 1.50 bits per heavy atom. The van der Waals surface area contributed by atoms with Crippen molar-refractivity contribution in [1.29, 1.82) is 0 Å². The number of nitrogens with zero attached hydrogens (tertiary/aromatic N) is 1. The van der Waals surface area contributed by atoms with E-state index < -0.39 is 0 Å². The van der Waals surface area contributed by atoms with Gasteiger partial charge in [0.15, 0.2) is 0 Å². The quantitative estimate of drug-likeness (QED) is 0.842. The van der Waals surface area contributed by atoms with E-state index in [1.165, 1.54) is 12.5 Å². The average molecular weight is 222 g/mol. The number of hydrogen-bond donors (Lipinski definition) is 1. The Bertz CT molecular complexity index is 327. The lowest BCUT2D eigenvalue weighted by atomic mass is 9.93. The molecule has 0 saturated carbocycles. The van der Waals surface area contributed by atoms with Gasteiger partial charge < -0.3 is 15.1 Å². The van der Waals surface area contributed by atoms with Crippen LogP contribution in [0.1, 0.15) is 29.6 Å². The minimum absolute atomic E-state index is 0.0833. The summed E-state index contributed by atoms with van der Waals surface area (Å²) in [5.41, 5.74) is 6.19. The second-order valence-electron chi connectivity index (χ2n) is 4.32. The third-order valence-electron chi connectivity index (χ3n) is 3.24. The largest absolute Gasteiger partial charge is 0.472 e. The smallest absolute Gasteiger partial charge is 0.257 e. The molecule has 0 spiro atoms. The monoisotopic (exact) mass is 222 g/mol. The fourth-order valence-corrected chi connectivity index (χ4v) is 2.23. The third kappa shape index (κ3) is 2.44. The first-order valence-electron chi connectivity index (χ1n) is 5.83. The fraction of sp³-hybridized carbons (Fsp3) is 0.583. The van der Waals surface area contributed by atoms with Crippen LogP contribution in [0.3, 0.4) is 0 Å². The molecule has 1 aromatic heterocycles. The van der Waals surface area contributed by atoms with Crippen LogP contribution in [0, 0.1) is 5.92 Å². The molecule has 16 heavy (non-hydrogen) atoms. The van der Waals surface area contributed by atoms with Crippen molar-refractivity contribution in [3.05, 3.63) is 24.2 Å². The van der Waals surface area contributed by atoms with E-state index in [0.717, 1.165) is 38.9 Å². The molecular weight excluding hydrogens is 204 g/mol. The van der Waals surface area contributed by atoms with E-state index in [2.05, 4.69) is 0 Å². The zero-order valence-corrected chi connectivity index (χ0v) is 9.39. The van der Waals surface area contributed by atoms with E-state index in [9.17, 15) is 4.79 Å². The van der Waals surface area contributed by atoms with Gasteiger partial charge in [-0.3, -0.25) is 4.79 Å². The van der Waals surface area contributed by atoms with Crippen molar-refractivity contribution in [3.8, 4) is 0 Å². The minimum atomic E-state index is 0.0833. The van der Waals surface area contributed by atoms with E-state index in [0.29, 0.717) is 11.5 Å². The summed E-state index contributed by atoms with van der Waals surface area (Å²) in [6.07, 6.45) is 6.26. The molecule has 1 aliphatic rings. The topological polar surface area (TPSA) is 59.5 Å². The lowest BCUT2D eigenvalue weighted by Gasteiger charge is -2.31. The van der Waals surface area contributed by atoms with Crippen molar-refractivity contribution in [2.24, 2.45) is 11.7 Å². The van der Waals surface area contributed by atoms with Gasteiger partial charge in [-0.1, -0.05) is 0 Å². The molecule has 2 rings (SSSR count). The van der Waals surface area contributed by atoms with Gasteiger partial charge in [-0.25, -0.2) is 0 Å². The summed E-state index contributed by atoms with van der Waals surface area (Å²) in [7, 11) is 0. The molecule has 1 fully saturated rings. The maximum absolute atomic E-state index is 12.0. The van der Waals surface area contributed by atoms with Crippen molar-refractivity contribution >= 4 is 5.91 Å². The summed E-state index contributed by atoms with van der Waals surface area (Å²) in [5.74, 6) is 0.776. The lowest BCUT2D eigenvalue weighted by Crippen LogP contribution is -2.38. The van der Waals surface area contributed by atoms with E-state index >= 15 is 0 Å². The van der Waals surface area contributed by atoms with Crippen LogP contribution < -0.4 is 5.73 Å². The highest BCUT2D eigenvalue weighted by Crippen LogP contribution is 2.21. The summed E-state index contributed by atoms with van der Waals surface area (Å²) >= 11 is 0. The molecule has 0 aromatic carbocycles. The van der Waals surface area contributed by atoms with Gasteiger partial charge in [-0.15, -0.1) is 0 Å². The van der Waals surface area contributed by atoms with Gasteiger partial charge in [0, 0.05) is 13.1 Å². The van der Waals surface area contributed by atoms with Crippen LogP contribution in [0.2, 0.25) is 0 Å². The van der Waals surface area contributed by atoms with Gasteiger partial charge >= 0.3 is 0 Å². The van der Waals surface area contributed by atoms with Crippen LogP contribution >= 0.6 is 0 Å².